The zero-order valence-corrected chi connectivity index (χ0v) is 31.2. The first kappa shape index (κ1) is 37.3. The van der Waals surface area contributed by atoms with E-state index in [2.05, 4.69) is 66.0 Å². The Hall–Kier alpha value is -2.92. The van der Waals surface area contributed by atoms with Crippen LogP contribution >= 0.6 is 0 Å². The lowest BCUT2D eigenvalue weighted by molar-refractivity contribution is -0.137. The summed E-state index contributed by atoms with van der Waals surface area (Å²) < 4.78 is 90.8. The molecule has 2 aliphatic rings. The van der Waals surface area contributed by atoms with Gasteiger partial charge in [0.25, 0.3) is 0 Å². The van der Waals surface area contributed by atoms with Crippen LogP contribution < -0.4 is 5.32 Å². The average molecular weight is 726 g/mol. The SMILES string of the molecule is Cc1nc(-c2nc(NC3CCN(S(C)(=O)=O)CC3)ncc2C(F)(F)F)cn1-c1ccc(C2CN(CC(C)O[Si](C)(C)C(C)(C)C)C2)cc1F. The number of aryl methyl sites for hydroxylation is 1. The van der Waals surface area contributed by atoms with Crippen molar-refractivity contribution in [3.8, 4) is 17.1 Å². The number of anilines is 1. The second-order valence-corrected chi connectivity index (χ2v) is 21.6. The van der Waals surface area contributed by atoms with Crippen molar-refractivity contribution in [1.29, 1.82) is 0 Å². The van der Waals surface area contributed by atoms with Crippen molar-refractivity contribution in [3.63, 3.8) is 0 Å². The van der Waals surface area contributed by atoms with Crippen molar-refractivity contribution in [2.24, 2.45) is 0 Å². The summed E-state index contributed by atoms with van der Waals surface area (Å²) in [5, 5.41) is 3.18. The van der Waals surface area contributed by atoms with Crippen LogP contribution in [0.2, 0.25) is 18.1 Å². The Morgan fingerprint density at radius 1 is 1.10 bits per heavy atom. The van der Waals surface area contributed by atoms with Gasteiger partial charge in [0.05, 0.1) is 18.0 Å². The number of nitrogens with one attached hydrogen (secondary N) is 1. The number of imidazole rings is 1. The normalized spacial score (nSPS) is 18.4. The van der Waals surface area contributed by atoms with Gasteiger partial charge in [-0.2, -0.15) is 13.2 Å². The molecule has 3 aromatic rings. The molecule has 0 radical (unpaired) electrons. The van der Waals surface area contributed by atoms with E-state index in [1.165, 1.54) is 21.1 Å². The number of nitrogens with zero attached hydrogens (tertiary/aromatic N) is 6. The molecule has 1 atom stereocenters. The molecule has 0 bridgehead atoms. The lowest BCUT2D eigenvalue weighted by Crippen LogP contribution is -2.51. The Bertz CT molecular complexity index is 1760. The van der Waals surface area contributed by atoms with Crippen LogP contribution in [0.5, 0.6) is 0 Å². The highest BCUT2D eigenvalue weighted by Crippen LogP contribution is 2.39. The predicted octanol–water partition coefficient (Wildman–Crippen LogP) is 6.44. The summed E-state index contributed by atoms with van der Waals surface area (Å²) in [6.45, 7) is 17.8. The lowest BCUT2D eigenvalue weighted by Gasteiger charge is -2.44. The molecule has 49 heavy (non-hydrogen) atoms. The topological polar surface area (TPSA) is 105 Å². The van der Waals surface area contributed by atoms with E-state index in [0.29, 0.717) is 24.9 Å². The van der Waals surface area contributed by atoms with Gasteiger partial charge in [-0.05, 0) is 62.5 Å². The van der Waals surface area contributed by atoms with Gasteiger partial charge in [-0.15, -0.1) is 0 Å². The monoisotopic (exact) mass is 725 g/mol. The quantitative estimate of drug-likeness (QED) is 0.188. The van der Waals surface area contributed by atoms with E-state index >= 15 is 4.39 Å². The predicted molar refractivity (Wildman–Crippen MR) is 184 cm³/mol. The summed E-state index contributed by atoms with van der Waals surface area (Å²) in [6.07, 6.45) is -0.567. The Kier molecular flexibility index (Phi) is 10.4. The highest BCUT2D eigenvalue weighted by atomic mass is 32.2. The van der Waals surface area contributed by atoms with Crippen molar-refractivity contribution >= 4 is 24.3 Å². The minimum atomic E-state index is -4.76. The van der Waals surface area contributed by atoms with Crippen molar-refractivity contribution in [1.82, 2.24) is 28.7 Å². The number of alkyl halides is 3. The summed E-state index contributed by atoms with van der Waals surface area (Å²) in [5.41, 5.74) is -0.537. The Morgan fingerprint density at radius 3 is 2.33 bits per heavy atom. The molecule has 0 spiro atoms. The van der Waals surface area contributed by atoms with Gasteiger partial charge in [-0.1, -0.05) is 26.8 Å². The number of benzene rings is 1. The summed E-state index contributed by atoms with van der Waals surface area (Å²) >= 11 is 0. The molecule has 1 N–H and O–H groups in total. The van der Waals surface area contributed by atoms with E-state index in [-0.39, 0.29) is 53.5 Å². The molecule has 0 aliphatic carbocycles. The molecular formula is C33H47F4N7O3SSi. The summed E-state index contributed by atoms with van der Waals surface area (Å²) in [5.74, 6) is -0.0669. The van der Waals surface area contributed by atoms with Crippen LogP contribution in [0.3, 0.4) is 0 Å². The molecule has 1 unspecified atom stereocenters. The van der Waals surface area contributed by atoms with Crippen molar-refractivity contribution in [2.45, 2.75) is 89.8 Å². The molecule has 0 amide bonds. The molecule has 2 fully saturated rings. The van der Waals surface area contributed by atoms with Crippen LogP contribution in [0.1, 0.15) is 63.4 Å². The summed E-state index contributed by atoms with van der Waals surface area (Å²) in [7, 11) is -5.20. The number of sulfonamides is 1. The molecule has 2 saturated heterocycles. The van der Waals surface area contributed by atoms with E-state index in [0.717, 1.165) is 31.5 Å². The molecule has 5 rings (SSSR count). The van der Waals surface area contributed by atoms with E-state index in [1.807, 2.05) is 6.07 Å². The fourth-order valence-corrected chi connectivity index (χ4v) is 8.49. The number of likely N-dealkylation sites (tertiary alicyclic amines) is 1. The van der Waals surface area contributed by atoms with Crippen LogP contribution in [0.15, 0.2) is 30.6 Å². The highest BCUT2D eigenvalue weighted by Gasteiger charge is 2.40. The standard InChI is InChI=1S/C33H47F4N7O3SSi/c1-21(47-49(7,8)32(3,4)5)17-42-18-24(19-42)23-9-10-29(27(34)15-23)44-20-28(39-22(44)2)30-26(33(35,36)37)16-38-31(41-30)40-25-11-13-43(14-12-25)48(6,45)46/h9-10,15-16,20-21,24-25H,11-14,17-19H2,1-8H3,(H,38,40,41). The zero-order chi connectivity index (χ0) is 36.1. The van der Waals surface area contributed by atoms with E-state index in [4.69, 9.17) is 4.43 Å². The largest absolute Gasteiger partial charge is 0.420 e. The van der Waals surface area contributed by atoms with Crippen LogP contribution in [0.25, 0.3) is 17.1 Å². The van der Waals surface area contributed by atoms with Gasteiger partial charge in [-0.3, -0.25) is 4.90 Å². The Morgan fingerprint density at radius 2 is 1.76 bits per heavy atom. The zero-order valence-electron chi connectivity index (χ0n) is 29.4. The number of aromatic nitrogens is 4. The number of hydrogen-bond donors (Lipinski definition) is 1. The second kappa shape index (κ2) is 13.7. The lowest BCUT2D eigenvalue weighted by atomic mass is 9.91. The number of halogens is 4. The molecule has 0 saturated carbocycles. The van der Waals surface area contributed by atoms with Crippen molar-refractivity contribution in [3.05, 3.63) is 53.4 Å². The van der Waals surface area contributed by atoms with Gasteiger partial charge in [0.1, 0.15) is 28.6 Å². The Balaban J connectivity index is 1.29. The smallest absolute Gasteiger partial charge is 0.413 e. The summed E-state index contributed by atoms with van der Waals surface area (Å²) in [4.78, 5) is 14.8. The van der Waals surface area contributed by atoms with Crippen molar-refractivity contribution in [2.75, 3.05) is 44.3 Å². The third kappa shape index (κ3) is 8.52. The van der Waals surface area contributed by atoms with Crippen LogP contribution in [-0.2, 0) is 20.6 Å². The second-order valence-electron chi connectivity index (χ2n) is 14.9. The van der Waals surface area contributed by atoms with E-state index in [1.54, 1.807) is 13.0 Å². The van der Waals surface area contributed by atoms with Crippen LogP contribution in [0.4, 0.5) is 23.5 Å². The summed E-state index contributed by atoms with van der Waals surface area (Å²) in [6, 6.07) is 4.76. The third-order valence-electron chi connectivity index (χ3n) is 9.95. The first-order valence-electron chi connectivity index (χ1n) is 16.5. The minimum Gasteiger partial charge on any atom is -0.413 e. The van der Waals surface area contributed by atoms with Gasteiger partial charge in [0.2, 0.25) is 16.0 Å². The van der Waals surface area contributed by atoms with Crippen molar-refractivity contribution < 1.29 is 30.4 Å². The highest BCUT2D eigenvalue weighted by molar-refractivity contribution is 7.88. The molecule has 2 aromatic heterocycles. The van der Waals surface area contributed by atoms with Gasteiger partial charge in [0.15, 0.2) is 8.32 Å². The fourth-order valence-electron chi connectivity index (χ4n) is 6.18. The molecule has 2 aliphatic heterocycles. The van der Waals surface area contributed by atoms with Gasteiger partial charge >= 0.3 is 6.18 Å². The maximum atomic E-state index is 15.6. The molecular weight excluding hydrogens is 679 g/mol. The molecule has 10 nitrogen and oxygen atoms in total. The maximum absolute atomic E-state index is 15.6. The molecule has 270 valence electrons. The minimum absolute atomic E-state index is 0.0287. The number of hydrogen-bond acceptors (Lipinski definition) is 8. The van der Waals surface area contributed by atoms with Crippen LogP contribution in [0, 0.1) is 12.7 Å². The molecule has 16 heteroatoms. The molecule has 1 aromatic carbocycles. The van der Waals surface area contributed by atoms with E-state index < -0.39 is 41.6 Å². The number of rotatable bonds is 10. The van der Waals surface area contributed by atoms with E-state index in [9.17, 15) is 21.6 Å². The Labute approximate surface area is 287 Å². The first-order valence-corrected chi connectivity index (χ1v) is 21.3. The first-order chi connectivity index (χ1) is 22.6. The van der Waals surface area contributed by atoms with Crippen LogP contribution in [-0.4, -0.2) is 96.6 Å². The number of piperidine rings is 1. The third-order valence-corrected chi connectivity index (χ3v) is 15.9. The van der Waals surface area contributed by atoms with Gasteiger partial charge in [0, 0.05) is 57.1 Å². The van der Waals surface area contributed by atoms with Gasteiger partial charge in [-0.25, -0.2) is 32.1 Å². The maximum Gasteiger partial charge on any atom is 0.420 e. The molecule has 4 heterocycles. The van der Waals surface area contributed by atoms with Gasteiger partial charge < -0.3 is 14.3 Å². The fraction of sp³-hybridized carbons (Fsp3) is 0.606. The average Bonchev–Trinajstić information content (AvgIpc) is 3.34.